The lowest BCUT2D eigenvalue weighted by Gasteiger charge is -2.37. The smallest absolute Gasteiger partial charge is 0.270 e. The molecule has 1 saturated carbocycles. The summed E-state index contributed by atoms with van der Waals surface area (Å²) in [6, 6.07) is 7.18. The second-order valence-corrected chi connectivity index (χ2v) is 6.43. The zero-order chi connectivity index (χ0) is 17.4. The first kappa shape index (κ1) is 15.7. The molecule has 1 fully saturated rings. The van der Waals surface area contributed by atoms with Gasteiger partial charge in [0.2, 0.25) is 5.78 Å². The lowest BCUT2D eigenvalue weighted by molar-refractivity contribution is 0.0227. The Morgan fingerprint density at radius 2 is 2.08 bits per heavy atom. The minimum Gasteiger partial charge on any atom is -0.393 e. The number of hydrogen-bond donors (Lipinski definition) is 2. The zero-order valence-corrected chi connectivity index (χ0v) is 13.8. The van der Waals surface area contributed by atoms with Crippen molar-refractivity contribution in [1.82, 2.24) is 24.7 Å². The fourth-order valence-corrected chi connectivity index (χ4v) is 3.38. The highest BCUT2D eigenvalue weighted by atomic mass is 16.3. The van der Waals surface area contributed by atoms with E-state index in [1.165, 1.54) is 0 Å². The Morgan fingerprint density at radius 3 is 2.80 bits per heavy atom. The normalized spacial score (nSPS) is 20.9. The van der Waals surface area contributed by atoms with Gasteiger partial charge in [0.05, 0.1) is 23.5 Å². The van der Waals surface area contributed by atoms with Crippen molar-refractivity contribution in [2.24, 2.45) is 5.92 Å². The fraction of sp³-hybridized carbons (Fsp3) is 0.333. The SMILES string of the molecule is Cc1nc2ncccn2c1C(=O)N[C@H](c1ccccn1)C1CC(O)C1. The van der Waals surface area contributed by atoms with Gasteiger partial charge in [-0.05, 0) is 43.9 Å². The number of imidazole rings is 1. The van der Waals surface area contributed by atoms with Gasteiger partial charge < -0.3 is 10.4 Å². The molecule has 3 aromatic rings. The number of aromatic nitrogens is 4. The summed E-state index contributed by atoms with van der Waals surface area (Å²) >= 11 is 0. The van der Waals surface area contributed by atoms with Crippen LogP contribution in [0.3, 0.4) is 0 Å². The van der Waals surface area contributed by atoms with Crippen LogP contribution in [0.2, 0.25) is 0 Å². The van der Waals surface area contributed by atoms with E-state index in [9.17, 15) is 9.90 Å². The third-order valence-corrected chi connectivity index (χ3v) is 4.71. The van der Waals surface area contributed by atoms with Gasteiger partial charge in [0.25, 0.3) is 5.91 Å². The summed E-state index contributed by atoms with van der Waals surface area (Å²) in [6.45, 7) is 1.80. The van der Waals surface area contributed by atoms with Gasteiger partial charge in [0, 0.05) is 18.6 Å². The maximum Gasteiger partial charge on any atom is 0.270 e. The summed E-state index contributed by atoms with van der Waals surface area (Å²) in [5.74, 6) is 0.458. The number of aliphatic hydroxyl groups excluding tert-OH is 1. The molecule has 1 aliphatic rings. The van der Waals surface area contributed by atoms with Crippen LogP contribution in [0.15, 0.2) is 42.9 Å². The summed E-state index contributed by atoms with van der Waals surface area (Å²) in [7, 11) is 0. The van der Waals surface area contributed by atoms with Crippen molar-refractivity contribution < 1.29 is 9.90 Å². The number of nitrogens with one attached hydrogen (secondary N) is 1. The summed E-state index contributed by atoms with van der Waals surface area (Å²) in [5.41, 5.74) is 1.91. The number of hydrogen-bond acceptors (Lipinski definition) is 5. The molecule has 2 N–H and O–H groups in total. The minimum absolute atomic E-state index is 0.173. The quantitative estimate of drug-likeness (QED) is 0.755. The van der Waals surface area contributed by atoms with Gasteiger partial charge in [-0.15, -0.1) is 0 Å². The van der Waals surface area contributed by atoms with Crippen molar-refractivity contribution >= 4 is 11.7 Å². The Hall–Kier alpha value is -2.80. The molecule has 7 heteroatoms. The number of amides is 1. The monoisotopic (exact) mass is 337 g/mol. The fourth-order valence-electron chi connectivity index (χ4n) is 3.38. The minimum atomic E-state index is -0.296. The first-order chi connectivity index (χ1) is 12.1. The van der Waals surface area contributed by atoms with Crippen LogP contribution in [-0.4, -0.2) is 36.5 Å². The summed E-state index contributed by atoms with van der Waals surface area (Å²) in [6.07, 6.45) is 6.17. The van der Waals surface area contributed by atoms with Crippen LogP contribution in [0.25, 0.3) is 5.78 Å². The first-order valence-electron chi connectivity index (χ1n) is 8.33. The van der Waals surface area contributed by atoms with E-state index in [0.29, 0.717) is 30.0 Å². The van der Waals surface area contributed by atoms with Crippen LogP contribution in [0, 0.1) is 12.8 Å². The average Bonchev–Trinajstić information content (AvgIpc) is 2.93. The molecule has 3 aromatic heterocycles. The van der Waals surface area contributed by atoms with E-state index < -0.39 is 0 Å². The second kappa shape index (κ2) is 6.25. The molecule has 128 valence electrons. The summed E-state index contributed by atoms with van der Waals surface area (Å²) in [5, 5.41) is 12.8. The largest absolute Gasteiger partial charge is 0.393 e. The Labute approximate surface area is 144 Å². The van der Waals surface area contributed by atoms with Crippen molar-refractivity contribution in [3.05, 3.63) is 59.9 Å². The van der Waals surface area contributed by atoms with E-state index in [1.54, 1.807) is 36.0 Å². The second-order valence-electron chi connectivity index (χ2n) is 6.43. The summed E-state index contributed by atoms with van der Waals surface area (Å²) < 4.78 is 1.69. The Morgan fingerprint density at radius 1 is 1.28 bits per heavy atom. The number of carbonyl (C=O) groups is 1. The lowest BCUT2D eigenvalue weighted by atomic mass is 9.76. The molecule has 7 nitrogen and oxygen atoms in total. The molecule has 0 aliphatic heterocycles. The lowest BCUT2D eigenvalue weighted by Crippen LogP contribution is -2.42. The molecular formula is C18H19N5O2. The van der Waals surface area contributed by atoms with Crippen LogP contribution in [0.5, 0.6) is 0 Å². The molecule has 0 bridgehead atoms. The Balaban J connectivity index is 1.65. The predicted octanol–water partition coefficient (Wildman–Crippen LogP) is 1.67. The van der Waals surface area contributed by atoms with Gasteiger partial charge >= 0.3 is 0 Å². The number of fused-ring (bicyclic) bond motifs is 1. The molecule has 1 atom stereocenters. The molecule has 1 amide bonds. The molecule has 1 aliphatic carbocycles. The number of rotatable bonds is 4. The number of aliphatic hydroxyl groups is 1. The van der Waals surface area contributed by atoms with Gasteiger partial charge in [-0.3, -0.25) is 14.2 Å². The molecule has 25 heavy (non-hydrogen) atoms. The van der Waals surface area contributed by atoms with Crippen LogP contribution < -0.4 is 5.32 Å². The average molecular weight is 337 g/mol. The molecular weight excluding hydrogens is 318 g/mol. The van der Waals surface area contributed by atoms with Crippen molar-refractivity contribution in [2.45, 2.75) is 31.9 Å². The highest BCUT2D eigenvalue weighted by Gasteiger charge is 2.37. The maximum absolute atomic E-state index is 13.0. The van der Waals surface area contributed by atoms with Gasteiger partial charge in [-0.1, -0.05) is 6.07 Å². The van der Waals surface area contributed by atoms with E-state index >= 15 is 0 Å². The standard InChI is InChI=1S/C18H19N5O2/c1-11-16(23-8-4-7-20-18(23)21-11)17(25)22-15(12-9-13(24)10-12)14-5-2-3-6-19-14/h2-8,12-13,15,24H,9-10H2,1H3,(H,22,25)/t12?,13?,15-/m0/s1. The van der Waals surface area contributed by atoms with Crippen molar-refractivity contribution in [3.63, 3.8) is 0 Å². The Bertz CT molecular complexity index is 902. The van der Waals surface area contributed by atoms with Crippen LogP contribution in [-0.2, 0) is 0 Å². The van der Waals surface area contributed by atoms with Gasteiger partial charge in [0.15, 0.2) is 0 Å². The number of nitrogens with zero attached hydrogens (tertiary/aromatic N) is 4. The molecule has 0 unspecified atom stereocenters. The maximum atomic E-state index is 13.0. The number of pyridine rings is 1. The summed E-state index contributed by atoms with van der Waals surface area (Å²) in [4.78, 5) is 25.9. The van der Waals surface area contributed by atoms with E-state index in [4.69, 9.17) is 0 Å². The van der Waals surface area contributed by atoms with Crippen LogP contribution in [0.4, 0.5) is 0 Å². The molecule has 0 aromatic carbocycles. The van der Waals surface area contributed by atoms with Gasteiger partial charge in [-0.25, -0.2) is 9.97 Å². The molecule has 3 heterocycles. The third-order valence-electron chi connectivity index (χ3n) is 4.71. The molecule has 0 radical (unpaired) electrons. The van der Waals surface area contributed by atoms with Gasteiger partial charge in [-0.2, -0.15) is 0 Å². The van der Waals surface area contributed by atoms with Crippen molar-refractivity contribution in [2.75, 3.05) is 0 Å². The topological polar surface area (TPSA) is 92.4 Å². The van der Waals surface area contributed by atoms with Gasteiger partial charge in [0.1, 0.15) is 5.69 Å². The molecule has 0 saturated heterocycles. The van der Waals surface area contributed by atoms with E-state index in [0.717, 1.165) is 5.69 Å². The zero-order valence-electron chi connectivity index (χ0n) is 13.8. The molecule has 4 rings (SSSR count). The predicted molar refractivity (Wildman–Crippen MR) is 90.9 cm³/mol. The highest BCUT2D eigenvalue weighted by molar-refractivity contribution is 5.94. The van der Waals surface area contributed by atoms with Crippen molar-refractivity contribution in [3.8, 4) is 0 Å². The van der Waals surface area contributed by atoms with Crippen LogP contribution in [0.1, 0.15) is 40.8 Å². The van der Waals surface area contributed by atoms with E-state index in [-0.39, 0.29) is 24.0 Å². The van der Waals surface area contributed by atoms with Crippen molar-refractivity contribution in [1.29, 1.82) is 0 Å². The van der Waals surface area contributed by atoms with E-state index in [1.807, 2.05) is 18.2 Å². The highest BCUT2D eigenvalue weighted by Crippen LogP contribution is 2.37. The number of aryl methyl sites for hydroxylation is 1. The third kappa shape index (κ3) is 2.87. The Kier molecular flexibility index (Phi) is 3.93. The van der Waals surface area contributed by atoms with Crippen LogP contribution >= 0.6 is 0 Å². The molecule has 0 spiro atoms. The van der Waals surface area contributed by atoms with E-state index in [2.05, 4.69) is 20.3 Å². The number of carbonyl (C=O) groups excluding carboxylic acids is 1. The first-order valence-corrected chi connectivity index (χ1v) is 8.33.